The summed E-state index contributed by atoms with van der Waals surface area (Å²) in [4.78, 5) is 5.81. The van der Waals surface area contributed by atoms with Crippen LogP contribution >= 0.6 is 0 Å². The molecule has 0 aliphatic carbocycles. The minimum Gasteiger partial charge on any atom is -0.497 e. The van der Waals surface area contributed by atoms with Crippen LogP contribution in [-0.4, -0.2) is 40.3 Å². The first kappa shape index (κ1) is 17.0. The molecule has 142 valence electrons. The molecule has 5 rings (SSSR count). The third kappa shape index (κ3) is 3.16. The van der Waals surface area contributed by atoms with Gasteiger partial charge in [-0.1, -0.05) is 18.2 Å². The zero-order chi connectivity index (χ0) is 18.9. The molecule has 1 atom stereocenters. The lowest BCUT2D eigenvalue weighted by Gasteiger charge is -2.14. The van der Waals surface area contributed by atoms with Crippen LogP contribution in [0.4, 0.5) is 0 Å². The Morgan fingerprint density at radius 3 is 2.86 bits per heavy atom. The molecule has 1 aliphatic rings. The number of hydrogen-bond acceptors (Lipinski definition) is 5. The van der Waals surface area contributed by atoms with Crippen LogP contribution in [0, 0.1) is 0 Å². The Morgan fingerprint density at radius 2 is 2.00 bits per heavy atom. The Morgan fingerprint density at radius 1 is 1.14 bits per heavy atom. The molecule has 0 radical (unpaired) electrons. The van der Waals surface area contributed by atoms with Crippen LogP contribution in [0.25, 0.3) is 22.4 Å². The molecule has 3 heterocycles. The summed E-state index contributed by atoms with van der Waals surface area (Å²) in [6, 6.07) is 16.1. The van der Waals surface area contributed by atoms with Gasteiger partial charge in [-0.25, -0.2) is 0 Å². The van der Waals surface area contributed by atoms with Crippen LogP contribution in [0.3, 0.4) is 0 Å². The molecule has 2 aromatic carbocycles. The molecule has 0 saturated carbocycles. The minimum atomic E-state index is 0.282. The number of nitrogens with one attached hydrogen (secondary N) is 1. The van der Waals surface area contributed by atoms with Gasteiger partial charge in [-0.15, -0.1) is 10.2 Å². The molecule has 28 heavy (non-hydrogen) atoms. The molecule has 0 amide bonds. The van der Waals surface area contributed by atoms with Gasteiger partial charge in [0.15, 0.2) is 0 Å². The normalized spacial score (nSPS) is 17.4. The van der Waals surface area contributed by atoms with E-state index in [1.807, 2.05) is 24.3 Å². The Balaban J connectivity index is 1.27. The Kier molecular flexibility index (Phi) is 4.33. The summed E-state index contributed by atoms with van der Waals surface area (Å²) in [6.45, 7) is 2.90. The Bertz CT molecular complexity index is 1080. The van der Waals surface area contributed by atoms with Crippen molar-refractivity contribution >= 4 is 10.9 Å². The molecule has 1 saturated heterocycles. The SMILES string of the molecule is COc1ccc(-c2nnc([C@H]3CCN(Cc4c[nH]c5ccccc45)C3)o2)cc1. The third-order valence-electron chi connectivity index (χ3n) is 5.47. The Hall–Kier alpha value is -3.12. The van der Waals surface area contributed by atoms with E-state index in [0.717, 1.165) is 43.3 Å². The lowest BCUT2D eigenvalue weighted by molar-refractivity contribution is 0.321. The van der Waals surface area contributed by atoms with E-state index in [4.69, 9.17) is 9.15 Å². The zero-order valence-electron chi connectivity index (χ0n) is 15.8. The van der Waals surface area contributed by atoms with E-state index < -0.39 is 0 Å². The topological polar surface area (TPSA) is 67.2 Å². The smallest absolute Gasteiger partial charge is 0.247 e. The quantitative estimate of drug-likeness (QED) is 0.567. The predicted octanol–water partition coefficient (Wildman–Crippen LogP) is 4.22. The van der Waals surface area contributed by atoms with Gasteiger partial charge in [-0.05, 0) is 48.9 Å². The lowest BCUT2D eigenvalue weighted by Crippen LogP contribution is -2.19. The second kappa shape index (κ2) is 7.13. The summed E-state index contributed by atoms with van der Waals surface area (Å²) in [6.07, 6.45) is 3.15. The van der Waals surface area contributed by atoms with Gasteiger partial charge in [0, 0.05) is 35.8 Å². The fourth-order valence-electron chi connectivity index (χ4n) is 3.93. The van der Waals surface area contributed by atoms with Gasteiger partial charge in [0.1, 0.15) is 5.75 Å². The Labute approximate surface area is 163 Å². The number of rotatable bonds is 5. The summed E-state index contributed by atoms with van der Waals surface area (Å²) in [5.74, 6) is 2.39. The number of H-pyrrole nitrogens is 1. The molecule has 0 spiro atoms. The van der Waals surface area contributed by atoms with Crippen molar-refractivity contribution in [3.8, 4) is 17.2 Å². The van der Waals surface area contributed by atoms with Gasteiger partial charge in [-0.3, -0.25) is 4.90 Å². The summed E-state index contributed by atoms with van der Waals surface area (Å²) in [5.41, 5.74) is 3.43. The van der Waals surface area contributed by atoms with Gasteiger partial charge >= 0.3 is 0 Å². The summed E-state index contributed by atoms with van der Waals surface area (Å²) in [5, 5.41) is 9.86. The number of aromatic nitrogens is 3. The number of hydrogen-bond donors (Lipinski definition) is 1. The zero-order valence-corrected chi connectivity index (χ0v) is 15.8. The highest BCUT2D eigenvalue weighted by molar-refractivity contribution is 5.82. The van der Waals surface area contributed by atoms with Crippen molar-refractivity contribution in [2.24, 2.45) is 0 Å². The first-order valence-electron chi connectivity index (χ1n) is 9.55. The molecule has 1 fully saturated rings. The number of aromatic amines is 1. The predicted molar refractivity (Wildman–Crippen MR) is 107 cm³/mol. The van der Waals surface area contributed by atoms with Crippen LogP contribution in [0.2, 0.25) is 0 Å². The minimum absolute atomic E-state index is 0.282. The van der Waals surface area contributed by atoms with Crippen molar-refractivity contribution in [1.82, 2.24) is 20.1 Å². The van der Waals surface area contributed by atoms with E-state index in [2.05, 4.69) is 50.5 Å². The van der Waals surface area contributed by atoms with E-state index in [-0.39, 0.29) is 5.92 Å². The second-order valence-electron chi connectivity index (χ2n) is 7.25. The number of methoxy groups -OCH3 is 1. The molecule has 6 heteroatoms. The van der Waals surface area contributed by atoms with Crippen LogP contribution in [-0.2, 0) is 6.54 Å². The number of benzene rings is 2. The number of fused-ring (bicyclic) bond motifs is 1. The van der Waals surface area contributed by atoms with Crippen molar-refractivity contribution in [3.63, 3.8) is 0 Å². The third-order valence-corrected chi connectivity index (χ3v) is 5.47. The van der Waals surface area contributed by atoms with Gasteiger partial charge in [0.05, 0.1) is 13.0 Å². The van der Waals surface area contributed by atoms with E-state index in [0.29, 0.717) is 5.89 Å². The standard InChI is InChI=1S/C22H22N4O2/c1-27-18-8-6-15(7-9-18)21-24-25-22(28-21)16-10-11-26(13-16)14-17-12-23-20-5-3-2-4-19(17)20/h2-9,12,16,23H,10-11,13-14H2,1H3/t16-/m0/s1. The molecule has 0 bridgehead atoms. The maximum Gasteiger partial charge on any atom is 0.247 e. The number of nitrogens with zero attached hydrogens (tertiary/aromatic N) is 3. The highest BCUT2D eigenvalue weighted by Crippen LogP contribution is 2.31. The monoisotopic (exact) mass is 374 g/mol. The van der Waals surface area contributed by atoms with Crippen molar-refractivity contribution in [2.45, 2.75) is 18.9 Å². The number of ether oxygens (including phenoxy) is 1. The molecule has 4 aromatic rings. The van der Waals surface area contributed by atoms with Crippen LogP contribution in [0.1, 0.15) is 23.8 Å². The van der Waals surface area contributed by atoms with Crippen LogP contribution < -0.4 is 4.74 Å². The molecule has 1 aliphatic heterocycles. The largest absolute Gasteiger partial charge is 0.497 e. The van der Waals surface area contributed by atoms with E-state index in [1.54, 1.807) is 7.11 Å². The maximum atomic E-state index is 5.99. The van der Waals surface area contributed by atoms with Crippen molar-refractivity contribution in [2.75, 3.05) is 20.2 Å². The van der Waals surface area contributed by atoms with Crippen LogP contribution in [0.15, 0.2) is 59.1 Å². The van der Waals surface area contributed by atoms with Crippen molar-refractivity contribution < 1.29 is 9.15 Å². The van der Waals surface area contributed by atoms with Crippen LogP contribution in [0.5, 0.6) is 5.75 Å². The maximum absolute atomic E-state index is 5.99. The first-order valence-corrected chi connectivity index (χ1v) is 9.55. The van der Waals surface area contributed by atoms with Gasteiger partial charge in [-0.2, -0.15) is 0 Å². The van der Waals surface area contributed by atoms with E-state index in [9.17, 15) is 0 Å². The second-order valence-corrected chi connectivity index (χ2v) is 7.25. The van der Waals surface area contributed by atoms with Crippen molar-refractivity contribution in [3.05, 3.63) is 66.2 Å². The molecule has 1 N–H and O–H groups in total. The number of para-hydroxylation sites is 1. The van der Waals surface area contributed by atoms with E-state index >= 15 is 0 Å². The average molecular weight is 374 g/mol. The van der Waals surface area contributed by atoms with Gasteiger partial charge < -0.3 is 14.1 Å². The highest BCUT2D eigenvalue weighted by Gasteiger charge is 2.28. The summed E-state index contributed by atoms with van der Waals surface area (Å²) < 4.78 is 11.2. The van der Waals surface area contributed by atoms with Gasteiger partial charge in [0.2, 0.25) is 11.8 Å². The average Bonchev–Trinajstić information content (AvgIpc) is 3.48. The molecular weight excluding hydrogens is 352 g/mol. The molecule has 6 nitrogen and oxygen atoms in total. The van der Waals surface area contributed by atoms with E-state index in [1.165, 1.54) is 16.5 Å². The summed E-state index contributed by atoms with van der Waals surface area (Å²) in [7, 11) is 1.65. The fraction of sp³-hybridized carbons (Fsp3) is 0.273. The molecule has 0 unspecified atom stereocenters. The summed E-state index contributed by atoms with van der Waals surface area (Å²) >= 11 is 0. The molecule has 2 aromatic heterocycles. The van der Waals surface area contributed by atoms with Gasteiger partial charge in [0.25, 0.3) is 0 Å². The fourth-order valence-corrected chi connectivity index (χ4v) is 3.93. The lowest BCUT2D eigenvalue weighted by atomic mass is 10.1. The van der Waals surface area contributed by atoms with Crippen molar-refractivity contribution in [1.29, 1.82) is 0 Å². The highest BCUT2D eigenvalue weighted by atomic mass is 16.5. The number of likely N-dealkylation sites (tertiary alicyclic amines) is 1. The first-order chi connectivity index (χ1) is 13.8. The molecular formula is C22H22N4O2.